The molecule has 0 heterocycles. The van der Waals surface area contributed by atoms with Gasteiger partial charge in [0.05, 0.1) is 0 Å². The quantitative estimate of drug-likeness (QED) is 0.465. The minimum absolute atomic E-state index is 0.989. The molecule has 0 radical (unpaired) electrons. The fourth-order valence-electron chi connectivity index (χ4n) is 1.40. The highest BCUT2D eigenvalue weighted by atomic mass is 127. The van der Waals surface area contributed by atoms with Crippen LogP contribution in [0.2, 0.25) is 0 Å². The van der Waals surface area contributed by atoms with E-state index in [4.69, 9.17) is 13.3 Å². The fourth-order valence-corrected chi connectivity index (χ4v) is 3.69. The summed E-state index contributed by atoms with van der Waals surface area (Å²) in [6.45, 7) is 0. The minimum atomic E-state index is -2.63. The molecule has 0 aliphatic rings. The Hall–Kier alpha value is 0.0469. The van der Waals surface area contributed by atoms with Gasteiger partial charge in [0.25, 0.3) is 0 Å². The van der Waals surface area contributed by atoms with E-state index in [0.29, 0.717) is 0 Å². The van der Waals surface area contributed by atoms with Crippen molar-refractivity contribution in [3.05, 3.63) is 29.8 Å². The molecular formula is C10H15IO3Si. The van der Waals surface area contributed by atoms with Crippen molar-refractivity contribution in [1.82, 2.24) is 0 Å². The molecule has 1 aromatic carbocycles. The molecular weight excluding hydrogens is 323 g/mol. The molecule has 0 aliphatic heterocycles. The third-order valence-electron chi connectivity index (χ3n) is 2.27. The van der Waals surface area contributed by atoms with Crippen molar-refractivity contribution in [2.24, 2.45) is 0 Å². The molecule has 15 heavy (non-hydrogen) atoms. The fraction of sp³-hybridized carbons (Fsp3) is 0.400. The molecule has 0 N–H and O–H groups in total. The Balaban J connectivity index is 3.01. The zero-order valence-electron chi connectivity index (χ0n) is 9.12. The molecule has 0 saturated heterocycles. The summed E-state index contributed by atoms with van der Waals surface area (Å²) in [6.07, 6.45) is 0. The van der Waals surface area contributed by atoms with Gasteiger partial charge in [-0.3, -0.25) is 0 Å². The van der Waals surface area contributed by atoms with Crippen LogP contribution in [-0.2, 0) is 17.7 Å². The largest absolute Gasteiger partial charge is 0.536 e. The van der Waals surface area contributed by atoms with E-state index in [0.717, 1.165) is 9.61 Å². The molecule has 1 rings (SSSR count). The molecule has 1 aromatic rings. The van der Waals surface area contributed by atoms with Crippen LogP contribution in [0.3, 0.4) is 0 Å². The van der Waals surface area contributed by atoms with Crippen molar-refractivity contribution < 1.29 is 13.3 Å². The second-order valence-electron chi connectivity index (χ2n) is 3.00. The van der Waals surface area contributed by atoms with Gasteiger partial charge in [0.2, 0.25) is 0 Å². The van der Waals surface area contributed by atoms with Crippen LogP contribution in [0.4, 0.5) is 0 Å². The first-order valence-electron chi connectivity index (χ1n) is 4.53. The predicted molar refractivity (Wildman–Crippen MR) is 70.6 cm³/mol. The first kappa shape index (κ1) is 13.1. The topological polar surface area (TPSA) is 27.7 Å². The van der Waals surface area contributed by atoms with Gasteiger partial charge in [0, 0.05) is 30.9 Å². The lowest BCUT2D eigenvalue weighted by molar-refractivity contribution is 0.140. The van der Waals surface area contributed by atoms with Crippen molar-refractivity contribution in [1.29, 1.82) is 0 Å². The number of alkyl halides is 1. The molecule has 0 unspecified atom stereocenters. The number of hydrogen-bond acceptors (Lipinski definition) is 3. The summed E-state index contributed by atoms with van der Waals surface area (Å²) in [5.74, 6) is 0. The Labute approximate surface area is 105 Å². The lowest BCUT2D eigenvalue weighted by atomic mass is 10.2. The zero-order valence-corrected chi connectivity index (χ0v) is 12.3. The SMILES string of the molecule is CO[Si](OC)(OC)c1ccc(CI)cc1. The third-order valence-corrected chi connectivity index (χ3v) is 5.80. The van der Waals surface area contributed by atoms with Crippen molar-refractivity contribution in [2.45, 2.75) is 4.43 Å². The van der Waals surface area contributed by atoms with Crippen LogP contribution in [0.1, 0.15) is 5.56 Å². The van der Waals surface area contributed by atoms with Crippen LogP contribution in [0.5, 0.6) is 0 Å². The van der Waals surface area contributed by atoms with E-state index in [1.807, 2.05) is 12.1 Å². The summed E-state index contributed by atoms with van der Waals surface area (Å²) in [7, 11) is 2.22. The van der Waals surface area contributed by atoms with E-state index in [1.165, 1.54) is 5.56 Å². The summed E-state index contributed by atoms with van der Waals surface area (Å²) in [6, 6.07) is 8.16. The van der Waals surface area contributed by atoms with Crippen LogP contribution in [-0.4, -0.2) is 30.1 Å². The first-order chi connectivity index (χ1) is 7.22. The maximum absolute atomic E-state index is 5.39. The Kier molecular flexibility index (Phi) is 5.20. The molecule has 0 fully saturated rings. The first-order valence-corrected chi connectivity index (χ1v) is 7.78. The highest BCUT2D eigenvalue weighted by Crippen LogP contribution is 2.09. The van der Waals surface area contributed by atoms with E-state index >= 15 is 0 Å². The number of benzene rings is 1. The van der Waals surface area contributed by atoms with Gasteiger partial charge in [-0.2, -0.15) is 0 Å². The van der Waals surface area contributed by atoms with Gasteiger partial charge >= 0.3 is 8.80 Å². The summed E-state index contributed by atoms with van der Waals surface area (Å²) in [5.41, 5.74) is 1.28. The molecule has 5 heteroatoms. The van der Waals surface area contributed by atoms with Crippen LogP contribution in [0.15, 0.2) is 24.3 Å². The van der Waals surface area contributed by atoms with Gasteiger partial charge in [0.15, 0.2) is 0 Å². The van der Waals surface area contributed by atoms with Gasteiger partial charge in [-0.25, -0.2) is 0 Å². The standard InChI is InChI=1S/C10H15IO3Si/c1-12-15(13-2,14-3)10-6-4-9(8-11)5-7-10/h4-7H,8H2,1-3H3. The lowest BCUT2D eigenvalue weighted by Crippen LogP contribution is -2.54. The van der Waals surface area contributed by atoms with Crippen molar-refractivity contribution in [3.8, 4) is 0 Å². The molecule has 0 saturated carbocycles. The highest BCUT2D eigenvalue weighted by Gasteiger charge is 2.40. The highest BCUT2D eigenvalue weighted by molar-refractivity contribution is 14.1. The third kappa shape index (κ3) is 2.79. The second kappa shape index (κ2) is 5.95. The molecule has 0 spiro atoms. The number of rotatable bonds is 5. The van der Waals surface area contributed by atoms with Crippen molar-refractivity contribution in [2.75, 3.05) is 21.3 Å². The molecule has 3 nitrogen and oxygen atoms in total. The summed E-state index contributed by atoms with van der Waals surface area (Å²) < 4.78 is 17.2. The van der Waals surface area contributed by atoms with E-state index < -0.39 is 8.80 Å². The number of halogens is 1. The average Bonchev–Trinajstić information content (AvgIpc) is 2.33. The van der Waals surface area contributed by atoms with E-state index in [-0.39, 0.29) is 0 Å². The predicted octanol–water partition coefficient (Wildman–Crippen LogP) is 1.71. The number of hydrogen-bond donors (Lipinski definition) is 0. The smallest absolute Gasteiger partial charge is 0.373 e. The van der Waals surface area contributed by atoms with Crippen LogP contribution in [0.25, 0.3) is 0 Å². The molecule has 0 atom stereocenters. The Bertz CT molecular complexity index is 290. The monoisotopic (exact) mass is 338 g/mol. The Morgan fingerprint density at radius 1 is 1.00 bits per heavy atom. The Morgan fingerprint density at radius 2 is 1.47 bits per heavy atom. The molecule has 84 valence electrons. The van der Waals surface area contributed by atoms with E-state index in [2.05, 4.69) is 34.7 Å². The summed E-state index contributed by atoms with van der Waals surface area (Å²) in [4.78, 5) is 0. The molecule has 0 bridgehead atoms. The minimum Gasteiger partial charge on any atom is -0.373 e. The van der Waals surface area contributed by atoms with Gasteiger partial charge in [-0.05, 0) is 5.56 Å². The lowest BCUT2D eigenvalue weighted by Gasteiger charge is -2.24. The maximum Gasteiger partial charge on any atom is 0.536 e. The summed E-state index contributed by atoms with van der Waals surface area (Å²) >= 11 is 2.33. The average molecular weight is 338 g/mol. The Morgan fingerprint density at radius 3 is 1.80 bits per heavy atom. The second-order valence-corrected chi connectivity index (χ2v) is 6.68. The normalized spacial score (nSPS) is 11.7. The van der Waals surface area contributed by atoms with Crippen LogP contribution < -0.4 is 5.19 Å². The van der Waals surface area contributed by atoms with Gasteiger partial charge < -0.3 is 13.3 Å². The molecule has 0 aliphatic carbocycles. The molecule has 0 amide bonds. The van der Waals surface area contributed by atoms with Gasteiger partial charge in [-0.15, -0.1) is 0 Å². The molecule has 0 aromatic heterocycles. The maximum atomic E-state index is 5.39. The summed E-state index contributed by atoms with van der Waals surface area (Å²) in [5, 5.41) is 0.989. The van der Waals surface area contributed by atoms with Gasteiger partial charge in [-0.1, -0.05) is 46.9 Å². The van der Waals surface area contributed by atoms with Crippen LogP contribution in [0, 0.1) is 0 Å². The zero-order chi connectivity index (χ0) is 11.3. The van der Waals surface area contributed by atoms with Crippen molar-refractivity contribution in [3.63, 3.8) is 0 Å². The van der Waals surface area contributed by atoms with E-state index in [1.54, 1.807) is 21.3 Å². The van der Waals surface area contributed by atoms with Gasteiger partial charge in [0.1, 0.15) is 0 Å². The van der Waals surface area contributed by atoms with Crippen molar-refractivity contribution >= 4 is 36.6 Å². The van der Waals surface area contributed by atoms with Crippen LogP contribution >= 0.6 is 22.6 Å². The van der Waals surface area contributed by atoms with E-state index in [9.17, 15) is 0 Å².